The maximum absolute atomic E-state index is 13.4. The summed E-state index contributed by atoms with van der Waals surface area (Å²) in [7, 11) is 0. The number of carbonyl (C=O) groups excluding carboxylic acids is 1. The van der Waals surface area contributed by atoms with Crippen molar-refractivity contribution in [2.75, 3.05) is 4.90 Å². The van der Waals surface area contributed by atoms with Gasteiger partial charge in [0.1, 0.15) is 0 Å². The maximum Gasteiger partial charge on any atom is 0.227 e. The number of amides is 1. The quantitative estimate of drug-likeness (QED) is 0.0558. The van der Waals surface area contributed by atoms with E-state index in [2.05, 4.69) is 148 Å². The third-order valence-electron chi connectivity index (χ3n) is 9.34. The fourth-order valence-corrected chi connectivity index (χ4v) is 6.07. The summed E-state index contributed by atoms with van der Waals surface area (Å²) in [6.07, 6.45) is 38.3. The Morgan fingerprint density at radius 1 is 0.881 bits per heavy atom. The highest BCUT2D eigenvalue weighted by Gasteiger charge is 2.25. The van der Waals surface area contributed by atoms with Crippen LogP contribution < -0.4 is 10.2 Å². The molecule has 1 N–H and O–H groups in total. The van der Waals surface area contributed by atoms with Gasteiger partial charge in [-0.15, -0.1) is 12.3 Å². The summed E-state index contributed by atoms with van der Waals surface area (Å²) in [5.74, 6) is 4.38. The van der Waals surface area contributed by atoms with Gasteiger partial charge in [0.2, 0.25) is 5.91 Å². The summed E-state index contributed by atoms with van der Waals surface area (Å²) in [4.78, 5) is 16.4. The van der Waals surface area contributed by atoms with Gasteiger partial charge in [0.25, 0.3) is 0 Å². The van der Waals surface area contributed by atoms with Crippen LogP contribution >= 0.6 is 12.2 Å². The second-order valence-electron chi connectivity index (χ2n) is 16.6. The first-order chi connectivity index (χ1) is 28.1. The minimum absolute atomic E-state index is 0.202. The molecule has 3 nitrogen and oxygen atoms in total. The molecule has 1 saturated carbocycles. The summed E-state index contributed by atoms with van der Waals surface area (Å²) in [6.45, 7) is 33.7. The van der Waals surface area contributed by atoms with Crippen molar-refractivity contribution in [1.82, 2.24) is 5.32 Å². The van der Waals surface area contributed by atoms with E-state index in [4.69, 9.17) is 12.2 Å². The molecule has 0 aromatic heterocycles. The summed E-state index contributed by atoms with van der Waals surface area (Å²) in [6, 6.07) is 8.70. The van der Waals surface area contributed by atoms with Gasteiger partial charge in [0, 0.05) is 24.2 Å². The number of unbranched alkanes of at least 4 members (excludes halogenated alkanes) is 2. The number of rotatable bonds is 17. The van der Waals surface area contributed by atoms with E-state index >= 15 is 0 Å². The number of nitrogens with one attached hydrogen (secondary N) is 1. The molecule has 59 heavy (non-hydrogen) atoms. The summed E-state index contributed by atoms with van der Waals surface area (Å²) >= 11 is 5.67. The second kappa shape index (κ2) is 45.9. The van der Waals surface area contributed by atoms with Crippen LogP contribution in [-0.2, 0) is 4.79 Å². The van der Waals surface area contributed by atoms with Crippen LogP contribution in [0.2, 0.25) is 0 Å². The zero-order valence-electron chi connectivity index (χ0n) is 41.7. The number of hydrogen-bond donors (Lipinski definition) is 1. The molecular formula is C55H96N2OS. The molecule has 1 fully saturated rings. The molecule has 1 amide bonds. The van der Waals surface area contributed by atoms with E-state index in [-0.39, 0.29) is 18.0 Å². The molecule has 1 aromatic rings. The molecule has 4 heteroatoms. The molecule has 338 valence electrons. The van der Waals surface area contributed by atoms with Crippen molar-refractivity contribution in [3.63, 3.8) is 0 Å². The smallest absolute Gasteiger partial charge is 0.227 e. The Balaban J connectivity index is -0.000000504. The van der Waals surface area contributed by atoms with Crippen molar-refractivity contribution in [3.8, 4) is 12.3 Å². The minimum atomic E-state index is 0.202. The van der Waals surface area contributed by atoms with E-state index in [1.54, 1.807) is 6.92 Å². The molecule has 2 rings (SSSR count). The maximum atomic E-state index is 13.4. The largest absolute Gasteiger partial charge is 0.373 e. The van der Waals surface area contributed by atoms with Crippen LogP contribution in [0.25, 0.3) is 0 Å². The number of carbonyl (C=O) groups is 1. The molecule has 0 radical (unpaired) electrons. The molecule has 0 saturated heterocycles. The minimum Gasteiger partial charge on any atom is -0.373 e. The highest BCUT2D eigenvalue weighted by molar-refractivity contribution is 7.80. The Kier molecular flexibility index (Phi) is 48.6. The van der Waals surface area contributed by atoms with E-state index in [0.717, 1.165) is 85.9 Å². The Hall–Kier alpha value is -3.16. The first-order valence-corrected chi connectivity index (χ1v) is 23.7. The third kappa shape index (κ3) is 42.8. The van der Waals surface area contributed by atoms with Crippen molar-refractivity contribution in [2.24, 2.45) is 11.8 Å². The third-order valence-corrected chi connectivity index (χ3v) is 9.66. The second-order valence-corrected chi connectivity index (χ2v) is 17.1. The SMILES string of the molecule is C#CC.C/C=C\CC.CC(C)C.CC1CCCCC1.CC=C(C)C.C\C=C/C=C\C=C(/C)C(C)NC(=S)CCCC(CCC)N(C(=O)CCCCC)c1ccccc1C. The number of hydrogen-bond acceptors (Lipinski definition) is 2. The molecular weight excluding hydrogens is 737 g/mol. The zero-order valence-corrected chi connectivity index (χ0v) is 42.5. The monoisotopic (exact) mass is 833 g/mol. The highest BCUT2D eigenvalue weighted by Crippen LogP contribution is 2.28. The van der Waals surface area contributed by atoms with Crippen LogP contribution in [0.3, 0.4) is 0 Å². The topological polar surface area (TPSA) is 32.3 Å². The van der Waals surface area contributed by atoms with Gasteiger partial charge < -0.3 is 10.2 Å². The lowest BCUT2D eigenvalue weighted by molar-refractivity contribution is -0.119. The number of terminal acetylenes is 1. The average molecular weight is 833 g/mol. The Labute approximate surface area is 375 Å². The fourth-order valence-electron chi connectivity index (χ4n) is 5.75. The zero-order chi connectivity index (χ0) is 45.9. The van der Waals surface area contributed by atoms with Crippen LogP contribution in [0.4, 0.5) is 5.69 Å². The number of benzene rings is 1. The molecule has 0 aliphatic heterocycles. The van der Waals surface area contributed by atoms with E-state index in [0.29, 0.717) is 6.42 Å². The van der Waals surface area contributed by atoms with Crippen LogP contribution in [0.5, 0.6) is 0 Å². The molecule has 2 atom stereocenters. The molecule has 1 aliphatic carbocycles. The number of para-hydroxylation sites is 1. The van der Waals surface area contributed by atoms with Gasteiger partial charge in [-0.3, -0.25) is 4.79 Å². The molecule has 0 heterocycles. The van der Waals surface area contributed by atoms with E-state index in [1.807, 2.05) is 51.1 Å². The number of thiocarbonyl (C=S) groups is 1. The van der Waals surface area contributed by atoms with Gasteiger partial charge in [0.15, 0.2) is 0 Å². The first-order valence-electron chi connectivity index (χ1n) is 23.3. The van der Waals surface area contributed by atoms with E-state index in [9.17, 15) is 4.79 Å². The predicted molar refractivity (Wildman–Crippen MR) is 276 cm³/mol. The Bertz CT molecular complexity index is 1310. The lowest BCUT2D eigenvalue weighted by Gasteiger charge is -2.33. The standard InChI is InChI=1S/C31H48N2OS.C7H14.2C5H10.C4H10.C3H4/c1-7-10-12-14-19-25(4)27(6)32-30(35)23-17-21-28(18-9-3)33(31(34)24-13-11-8-2)29-22-16-15-20-26(29)5;1-7-5-3-2-4-6-7;1-4-5(2)3;1-3-5-4-2;1-4(2)3;1-3-2/h7,10,12,14-16,19-20,22,27-28H,8-9,11,13,17-18,21,23-24H2,1-6H3,(H,32,35);7H,2-6H2,1H3;4H,1-3H3;3,5H,4H2,1-2H3;4H,1-3H3;1H,2H3/b10-7-,14-12-,25-19+;;;5-3-;;. The average Bonchev–Trinajstić information content (AvgIpc) is 3.19. The van der Waals surface area contributed by atoms with Gasteiger partial charge >= 0.3 is 0 Å². The Morgan fingerprint density at radius 3 is 1.88 bits per heavy atom. The Morgan fingerprint density at radius 2 is 1.46 bits per heavy atom. The first kappa shape index (κ1) is 62.5. The van der Waals surface area contributed by atoms with Crippen molar-refractivity contribution < 1.29 is 4.79 Å². The molecule has 0 bridgehead atoms. The van der Waals surface area contributed by atoms with Crippen LogP contribution in [0.15, 0.2) is 84.0 Å². The summed E-state index contributed by atoms with van der Waals surface area (Å²) < 4.78 is 0. The van der Waals surface area contributed by atoms with Gasteiger partial charge in [-0.25, -0.2) is 0 Å². The number of nitrogens with zero attached hydrogens (tertiary/aromatic N) is 1. The molecule has 1 aromatic carbocycles. The van der Waals surface area contributed by atoms with Crippen molar-refractivity contribution >= 4 is 28.8 Å². The van der Waals surface area contributed by atoms with Crippen molar-refractivity contribution in [2.45, 2.75) is 219 Å². The molecule has 2 unspecified atom stereocenters. The van der Waals surface area contributed by atoms with Crippen LogP contribution in [-0.4, -0.2) is 23.0 Å². The van der Waals surface area contributed by atoms with Crippen LogP contribution in [0.1, 0.15) is 206 Å². The van der Waals surface area contributed by atoms with Gasteiger partial charge in [-0.05, 0) is 124 Å². The predicted octanol–water partition coefficient (Wildman–Crippen LogP) is 17.5. The van der Waals surface area contributed by atoms with Gasteiger partial charge in [0.05, 0.1) is 4.99 Å². The lowest BCUT2D eigenvalue weighted by Crippen LogP contribution is -2.41. The number of aryl methyl sites for hydroxylation is 1. The van der Waals surface area contributed by atoms with Gasteiger partial charge in [-0.1, -0.05) is 190 Å². The summed E-state index contributed by atoms with van der Waals surface area (Å²) in [5, 5.41) is 3.48. The van der Waals surface area contributed by atoms with Crippen molar-refractivity contribution in [1.29, 1.82) is 0 Å². The van der Waals surface area contributed by atoms with Gasteiger partial charge in [-0.2, -0.15) is 0 Å². The normalized spacial score (nSPS) is 13.4. The van der Waals surface area contributed by atoms with Crippen molar-refractivity contribution in [3.05, 3.63) is 89.6 Å². The van der Waals surface area contributed by atoms with E-state index in [1.165, 1.54) is 43.3 Å². The lowest BCUT2D eigenvalue weighted by atomic mass is 9.91. The number of allylic oxidation sites excluding steroid dienone is 9. The molecule has 0 spiro atoms. The van der Waals surface area contributed by atoms with E-state index < -0.39 is 0 Å². The fraction of sp³-hybridized carbons (Fsp3) is 0.636. The highest BCUT2D eigenvalue weighted by atomic mass is 32.1. The van der Waals surface area contributed by atoms with Crippen LogP contribution in [0, 0.1) is 31.1 Å². The molecule has 1 aliphatic rings. The summed E-state index contributed by atoms with van der Waals surface area (Å²) in [5.41, 5.74) is 4.85. The number of anilines is 1.